The van der Waals surface area contributed by atoms with E-state index in [-0.39, 0.29) is 11.5 Å². The Hall–Kier alpha value is -2.11. The van der Waals surface area contributed by atoms with E-state index in [0.717, 1.165) is 5.56 Å². The molecule has 0 saturated heterocycles. The first-order valence-electron chi connectivity index (χ1n) is 6.39. The summed E-state index contributed by atoms with van der Waals surface area (Å²) in [4.78, 5) is 27.7. The van der Waals surface area contributed by atoms with Crippen molar-refractivity contribution in [2.75, 3.05) is 19.4 Å². The fraction of sp³-hybridized carbons (Fsp3) is 0.200. The lowest BCUT2D eigenvalue weighted by Gasteiger charge is -2.13. The number of anilines is 1. The first kappa shape index (κ1) is 15.3. The lowest BCUT2D eigenvalue weighted by molar-refractivity contribution is 0.102. The van der Waals surface area contributed by atoms with Gasteiger partial charge in [-0.05, 0) is 43.9 Å². The number of H-pyrrole nitrogens is 1. The van der Waals surface area contributed by atoms with Gasteiger partial charge in [0.2, 0.25) is 5.56 Å². The number of benzene rings is 1. The van der Waals surface area contributed by atoms with Crippen LogP contribution >= 0.6 is 11.6 Å². The lowest BCUT2D eigenvalue weighted by atomic mass is 10.1. The maximum atomic E-state index is 12.1. The number of hydrogen-bond acceptors (Lipinski definition) is 3. The van der Waals surface area contributed by atoms with Crippen LogP contribution in [0.5, 0.6) is 0 Å². The molecule has 0 spiro atoms. The average molecular weight is 306 g/mol. The smallest absolute Gasteiger partial charge is 0.255 e. The number of rotatable bonds is 4. The van der Waals surface area contributed by atoms with Gasteiger partial charge in [0.1, 0.15) is 0 Å². The summed E-state index contributed by atoms with van der Waals surface area (Å²) in [7, 11) is 3.88. The summed E-state index contributed by atoms with van der Waals surface area (Å²) in [6, 6.07) is 8.10. The van der Waals surface area contributed by atoms with Crippen LogP contribution in [0, 0.1) is 0 Å². The first-order valence-corrected chi connectivity index (χ1v) is 6.77. The Morgan fingerprint density at radius 1 is 1.29 bits per heavy atom. The summed E-state index contributed by atoms with van der Waals surface area (Å²) in [6.45, 7) is 0.674. The van der Waals surface area contributed by atoms with Gasteiger partial charge in [0, 0.05) is 35.1 Å². The number of pyridine rings is 1. The predicted octanol–water partition coefficient (Wildman–Crippen LogP) is 2.34. The minimum absolute atomic E-state index is 0.308. The van der Waals surface area contributed by atoms with Gasteiger partial charge in [0.25, 0.3) is 5.91 Å². The molecule has 5 nitrogen and oxygen atoms in total. The van der Waals surface area contributed by atoms with Crippen LogP contribution in [0.1, 0.15) is 15.9 Å². The number of amides is 1. The van der Waals surface area contributed by atoms with Crippen LogP contribution in [0.4, 0.5) is 5.69 Å². The van der Waals surface area contributed by atoms with Crippen LogP contribution < -0.4 is 10.9 Å². The molecule has 2 rings (SSSR count). The predicted molar refractivity (Wildman–Crippen MR) is 83.9 cm³/mol. The molecule has 0 aliphatic carbocycles. The molecule has 110 valence electrons. The molecule has 2 aromatic rings. The third kappa shape index (κ3) is 4.18. The quantitative estimate of drug-likeness (QED) is 0.911. The Morgan fingerprint density at radius 3 is 2.71 bits per heavy atom. The second-order valence-corrected chi connectivity index (χ2v) is 5.35. The van der Waals surface area contributed by atoms with Crippen molar-refractivity contribution in [1.82, 2.24) is 9.88 Å². The van der Waals surface area contributed by atoms with Gasteiger partial charge >= 0.3 is 0 Å². The van der Waals surface area contributed by atoms with Gasteiger partial charge in [-0.1, -0.05) is 11.6 Å². The highest BCUT2D eigenvalue weighted by Crippen LogP contribution is 2.22. The van der Waals surface area contributed by atoms with Crippen LogP contribution in [0.3, 0.4) is 0 Å². The normalized spacial score (nSPS) is 10.7. The van der Waals surface area contributed by atoms with Crippen LogP contribution in [-0.4, -0.2) is 29.9 Å². The van der Waals surface area contributed by atoms with Gasteiger partial charge < -0.3 is 15.2 Å². The molecule has 21 heavy (non-hydrogen) atoms. The minimum atomic E-state index is -0.334. The van der Waals surface area contributed by atoms with E-state index >= 15 is 0 Å². The van der Waals surface area contributed by atoms with Gasteiger partial charge in [-0.3, -0.25) is 9.59 Å². The molecule has 2 N–H and O–H groups in total. The van der Waals surface area contributed by atoms with E-state index < -0.39 is 0 Å². The SMILES string of the molecule is CN(C)Cc1cc(NC(=O)c2cc[nH]c(=O)c2)ccc1Cl. The fourth-order valence-electron chi connectivity index (χ4n) is 1.90. The van der Waals surface area contributed by atoms with E-state index in [2.05, 4.69) is 10.3 Å². The van der Waals surface area contributed by atoms with Gasteiger partial charge in [0.15, 0.2) is 0 Å². The standard InChI is InChI=1S/C15H16ClN3O2/c1-19(2)9-11-7-12(3-4-13(11)16)18-15(21)10-5-6-17-14(20)8-10/h3-8H,9H2,1-2H3,(H,17,20)(H,18,21). The maximum absolute atomic E-state index is 12.1. The highest BCUT2D eigenvalue weighted by Gasteiger charge is 2.09. The lowest BCUT2D eigenvalue weighted by Crippen LogP contribution is -2.16. The van der Waals surface area contributed by atoms with Crippen molar-refractivity contribution in [1.29, 1.82) is 0 Å². The molecule has 1 heterocycles. The topological polar surface area (TPSA) is 65.2 Å². The van der Waals surface area contributed by atoms with Crippen molar-refractivity contribution in [3.63, 3.8) is 0 Å². The van der Waals surface area contributed by atoms with Crippen molar-refractivity contribution in [2.45, 2.75) is 6.54 Å². The number of hydrogen-bond donors (Lipinski definition) is 2. The van der Waals surface area contributed by atoms with E-state index in [4.69, 9.17) is 11.6 Å². The summed E-state index contributed by atoms with van der Waals surface area (Å²) in [6.07, 6.45) is 1.44. The van der Waals surface area contributed by atoms with E-state index in [0.29, 0.717) is 22.8 Å². The molecular formula is C15H16ClN3O2. The van der Waals surface area contributed by atoms with Crippen LogP contribution in [0.25, 0.3) is 0 Å². The summed E-state index contributed by atoms with van der Waals surface area (Å²) >= 11 is 6.13. The van der Waals surface area contributed by atoms with Gasteiger partial charge in [-0.2, -0.15) is 0 Å². The molecule has 0 fully saturated rings. The van der Waals surface area contributed by atoms with E-state index in [1.807, 2.05) is 25.1 Å². The molecule has 0 aliphatic heterocycles. The Morgan fingerprint density at radius 2 is 2.05 bits per heavy atom. The number of carbonyl (C=O) groups excluding carboxylic acids is 1. The van der Waals surface area contributed by atoms with Crippen molar-refractivity contribution in [3.8, 4) is 0 Å². The van der Waals surface area contributed by atoms with Crippen LogP contribution in [-0.2, 0) is 6.54 Å². The summed E-state index contributed by atoms with van der Waals surface area (Å²) in [5.41, 5.74) is 1.56. The third-order valence-electron chi connectivity index (χ3n) is 2.83. The number of aromatic amines is 1. The molecule has 0 saturated carbocycles. The molecular weight excluding hydrogens is 290 g/mol. The van der Waals surface area contributed by atoms with E-state index in [1.54, 1.807) is 18.2 Å². The van der Waals surface area contributed by atoms with Gasteiger partial charge in [0.05, 0.1) is 0 Å². The van der Waals surface area contributed by atoms with Crippen LogP contribution in [0.15, 0.2) is 41.3 Å². The Labute approximate surface area is 127 Å². The molecule has 0 unspecified atom stereocenters. The van der Waals surface area contributed by atoms with Crippen molar-refractivity contribution in [2.24, 2.45) is 0 Å². The molecule has 0 aliphatic rings. The average Bonchev–Trinajstić information content (AvgIpc) is 2.42. The van der Waals surface area contributed by atoms with Crippen LogP contribution in [0.2, 0.25) is 5.02 Å². The highest BCUT2D eigenvalue weighted by molar-refractivity contribution is 6.31. The highest BCUT2D eigenvalue weighted by atomic mass is 35.5. The Balaban J connectivity index is 2.19. The second kappa shape index (κ2) is 6.56. The zero-order valence-corrected chi connectivity index (χ0v) is 12.6. The monoisotopic (exact) mass is 305 g/mol. The van der Waals surface area contributed by atoms with Gasteiger partial charge in [-0.15, -0.1) is 0 Å². The number of carbonyl (C=O) groups is 1. The Bertz CT molecular complexity index is 710. The molecule has 0 atom stereocenters. The van der Waals surface area contributed by atoms with E-state index in [1.165, 1.54) is 12.3 Å². The number of aromatic nitrogens is 1. The largest absolute Gasteiger partial charge is 0.329 e. The van der Waals surface area contributed by atoms with Gasteiger partial charge in [-0.25, -0.2) is 0 Å². The first-order chi connectivity index (χ1) is 9.95. The number of nitrogens with zero attached hydrogens (tertiary/aromatic N) is 1. The summed E-state index contributed by atoms with van der Waals surface area (Å²) in [5, 5.41) is 3.41. The number of halogens is 1. The molecule has 1 aromatic heterocycles. The molecule has 1 amide bonds. The fourth-order valence-corrected chi connectivity index (χ4v) is 2.08. The maximum Gasteiger partial charge on any atom is 0.255 e. The second-order valence-electron chi connectivity index (χ2n) is 4.94. The minimum Gasteiger partial charge on any atom is -0.329 e. The number of nitrogens with one attached hydrogen (secondary N) is 2. The van der Waals surface area contributed by atoms with Crippen molar-refractivity contribution in [3.05, 3.63) is 63.0 Å². The zero-order chi connectivity index (χ0) is 15.4. The molecule has 0 bridgehead atoms. The van der Waals surface area contributed by atoms with Crippen molar-refractivity contribution < 1.29 is 4.79 Å². The third-order valence-corrected chi connectivity index (χ3v) is 3.20. The molecule has 1 aromatic carbocycles. The zero-order valence-electron chi connectivity index (χ0n) is 11.8. The molecule has 0 radical (unpaired) electrons. The summed E-state index contributed by atoms with van der Waals surface area (Å²) < 4.78 is 0. The Kier molecular flexibility index (Phi) is 4.77. The molecule has 6 heteroatoms. The van der Waals surface area contributed by atoms with E-state index in [9.17, 15) is 9.59 Å². The van der Waals surface area contributed by atoms with Crippen molar-refractivity contribution >= 4 is 23.2 Å². The summed E-state index contributed by atoms with van der Waals surface area (Å²) in [5.74, 6) is -0.334.